The first-order valence-corrected chi connectivity index (χ1v) is 12.7. The second-order valence-electron chi connectivity index (χ2n) is 10.6. The Morgan fingerprint density at radius 2 is 1.89 bits per heavy atom. The van der Waals surface area contributed by atoms with Crippen molar-refractivity contribution in [3.05, 3.63) is 53.6 Å². The molecule has 2 aliphatic heterocycles. The number of aliphatic hydroxyl groups excluding tert-OH is 1. The summed E-state index contributed by atoms with van der Waals surface area (Å²) in [6.45, 7) is 8.58. The fraction of sp³-hybridized carbons (Fsp3) is 0.500. The zero-order valence-corrected chi connectivity index (χ0v) is 22.0. The standard InChI is InChI=1S/C28H37N3O6/c1-28(2,3)37-27(34)30(4)21-14-22(25-24(15-21)35-12-13-36-25)26(33)29-16-20-10-11-31(18-23(20)32)17-19-8-6-5-7-9-19/h5-9,14-15,20,23,32H,10-13,16-18H2,1-4H3,(H,29,33)/t20-,23?/m0/s1. The highest BCUT2D eigenvalue weighted by atomic mass is 16.6. The van der Waals surface area contributed by atoms with Crippen LogP contribution < -0.4 is 19.7 Å². The third-order valence-electron chi connectivity index (χ3n) is 6.51. The van der Waals surface area contributed by atoms with Gasteiger partial charge in [0.2, 0.25) is 0 Å². The molecule has 0 aliphatic carbocycles. The summed E-state index contributed by atoms with van der Waals surface area (Å²) in [6.07, 6.45) is -0.315. The van der Waals surface area contributed by atoms with Crippen molar-refractivity contribution >= 4 is 17.7 Å². The van der Waals surface area contributed by atoms with E-state index in [-0.39, 0.29) is 17.4 Å². The second-order valence-corrected chi connectivity index (χ2v) is 10.6. The highest BCUT2D eigenvalue weighted by Crippen LogP contribution is 2.38. The minimum absolute atomic E-state index is 0.0587. The van der Waals surface area contributed by atoms with Gasteiger partial charge >= 0.3 is 6.09 Å². The number of β-amino-alcohol motifs (C(OH)–C–C–N with tert-alkyl or cyclic N) is 1. The summed E-state index contributed by atoms with van der Waals surface area (Å²) in [4.78, 5) is 29.5. The van der Waals surface area contributed by atoms with Gasteiger partial charge in [0.15, 0.2) is 11.5 Å². The van der Waals surface area contributed by atoms with Gasteiger partial charge in [-0.15, -0.1) is 0 Å². The fourth-order valence-electron chi connectivity index (χ4n) is 4.53. The van der Waals surface area contributed by atoms with E-state index in [4.69, 9.17) is 14.2 Å². The van der Waals surface area contributed by atoms with Crippen LogP contribution in [0.25, 0.3) is 0 Å². The molecular formula is C28H37N3O6. The van der Waals surface area contributed by atoms with Gasteiger partial charge in [-0.3, -0.25) is 14.6 Å². The third-order valence-corrected chi connectivity index (χ3v) is 6.51. The maximum absolute atomic E-state index is 13.3. The summed E-state index contributed by atoms with van der Waals surface area (Å²) in [6, 6.07) is 13.5. The zero-order chi connectivity index (χ0) is 26.6. The first-order valence-electron chi connectivity index (χ1n) is 12.7. The molecule has 2 heterocycles. The molecule has 1 saturated heterocycles. The average Bonchev–Trinajstić information content (AvgIpc) is 2.86. The summed E-state index contributed by atoms with van der Waals surface area (Å²) in [5.41, 5.74) is 1.29. The number of carbonyl (C=O) groups excluding carboxylic acids is 2. The molecule has 2 amide bonds. The molecule has 2 aromatic rings. The number of fused-ring (bicyclic) bond motifs is 1. The minimum Gasteiger partial charge on any atom is -0.486 e. The lowest BCUT2D eigenvalue weighted by Gasteiger charge is -2.36. The monoisotopic (exact) mass is 511 g/mol. The first-order chi connectivity index (χ1) is 17.6. The molecule has 2 aromatic carbocycles. The number of aliphatic hydroxyl groups is 1. The number of ether oxygens (including phenoxy) is 3. The van der Waals surface area contributed by atoms with Gasteiger partial charge in [-0.1, -0.05) is 30.3 Å². The van der Waals surface area contributed by atoms with Crippen LogP contribution in [0.5, 0.6) is 11.5 Å². The third kappa shape index (κ3) is 6.93. The first kappa shape index (κ1) is 26.8. The van der Waals surface area contributed by atoms with Crippen molar-refractivity contribution in [3.8, 4) is 11.5 Å². The smallest absolute Gasteiger partial charge is 0.414 e. The number of hydrogen-bond acceptors (Lipinski definition) is 7. The van der Waals surface area contributed by atoms with Crippen molar-refractivity contribution in [2.24, 2.45) is 5.92 Å². The molecule has 0 bridgehead atoms. The van der Waals surface area contributed by atoms with Gasteiger partial charge < -0.3 is 24.6 Å². The van der Waals surface area contributed by atoms with Crippen molar-refractivity contribution in [2.75, 3.05) is 44.8 Å². The molecular weight excluding hydrogens is 474 g/mol. The predicted octanol–water partition coefficient (Wildman–Crippen LogP) is 3.44. The Balaban J connectivity index is 1.41. The summed E-state index contributed by atoms with van der Waals surface area (Å²) in [5.74, 6) is 0.346. The van der Waals surface area contributed by atoms with Gasteiger partial charge in [-0.05, 0) is 45.4 Å². The summed E-state index contributed by atoms with van der Waals surface area (Å²) in [7, 11) is 1.58. The molecule has 4 rings (SSSR count). The Hall–Kier alpha value is -3.30. The highest BCUT2D eigenvalue weighted by molar-refractivity contribution is 6.00. The maximum Gasteiger partial charge on any atom is 0.414 e. The van der Waals surface area contributed by atoms with Crippen LogP contribution in [0.1, 0.15) is 43.1 Å². The Kier molecular flexibility index (Phi) is 8.24. The molecule has 200 valence electrons. The van der Waals surface area contributed by atoms with E-state index in [2.05, 4.69) is 22.3 Å². The fourth-order valence-corrected chi connectivity index (χ4v) is 4.53. The second kappa shape index (κ2) is 11.4. The van der Waals surface area contributed by atoms with E-state index < -0.39 is 17.8 Å². The van der Waals surface area contributed by atoms with Gasteiger partial charge in [0.25, 0.3) is 5.91 Å². The topological polar surface area (TPSA) is 101 Å². The Morgan fingerprint density at radius 1 is 1.16 bits per heavy atom. The zero-order valence-electron chi connectivity index (χ0n) is 22.0. The van der Waals surface area contributed by atoms with E-state index in [1.807, 2.05) is 18.2 Å². The molecule has 2 N–H and O–H groups in total. The van der Waals surface area contributed by atoms with E-state index in [1.54, 1.807) is 40.0 Å². The lowest BCUT2D eigenvalue weighted by Crippen LogP contribution is -2.47. The number of hydrogen-bond donors (Lipinski definition) is 2. The molecule has 9 heteroatoms. The number of likely N-dealkylation sites (tertiary alicyclic amines) is 1. The van der Waals surface area contributed by atoms with Crippen LogP contribution in [-0.2, 0) is 11.3 Å². The van der Waals surface area contributed by atoms with Crippen LogP contribution >= 0.6 is 0 Å². The Morgan fingerprint density at radius 3 is 2.59 bits per heavy atom. The molecule has 37 heavy (non-hydrogen) atoms. The summed E-state index contributed by atoms with van der Waals surface area (Å²) in [5, 5.41) is 13.7. The molecule has 0 aromatic heterocycles. The van der Waals surface area contributed by atoms with Crippen LogP contribution in [0.15, 0.2) is 42.5 Å². The van der Waals surface area contributed by atoms with E-state index in [0.29, 0.717) is 43.5 Å². The number of piperidine rings is 1. The minimum atomic E-state index is -0.656. The molecule has 1 fully saturated rings. The number of rotatable bonds is 6. The van der Waals surface area contributed by atoms with E-state index in [1.165, 1.54) is 10.5 Å². The summed E-state index contributed by atoms with van der Waals surface area (Å²) >= 11 is 0. The number of benzene rings is 2. The van der Waals surface area contributed by atoms with Gasteiger partial charge in [0.1, 0.15) is 18.8 Å². The molecule has 2 aliphatic rings. The number of nitrogens with one attached hydrogen (secondary N) is 1. The van der Waals surface area contributed by atoms with Gasteiger partial charge in [0, 0.05) is 38.7 Å². The molecule has 1 unspecified atom stereocenters. The Bertz CT molecular complexity index is 1100. The van der Waals surface area contributed by atoms with Gasteiger partial charge in [0.05, 0.1) is 17.4 Å². The van der Waals surface area contributed by atoms with Crippen LogP contribution in [0.4, 0.5) is 10.5 Å². The number of anilines is 1. The van der Waals surface area contributed by atoms with Crippen molar-refractivity contribution in [3.63, 3.8) is 0 Å². The van der Waals surface area contributed by atoms with Gasteiger partial charge in [-0.25, -0.2) is 4.79 Å². The highest BCUT2D eigenvalue weighted by Gasteiger charge is 2.30. The SMILES string of the molecule is CN(C(=O)OC(C)(C)C)c1cc2c(c(C(=O)NC[C@@H]3CCN(Cc4ccccc4)CC3O)c1)OCCO2. The van der Waals surface area contributed by atoms with Crippen molar-refractivity contribution < 1.29 is 28.9 Å². The molecule has 2 atom stereocenters. The molecule has 0 spiro atoms. The summed E-state index contributed by atoms with van der Waals surface area (Å²) < 4.78 is 17.0. The van der Waals surface area contributed by atoms with E-state index in [9.17, 15) is 14.7 Å². The van der Waals surface area contributed by atoms with E-state index >= 15 is 0 Å². The number of carbonyl (C=O) groups is 2. The lowest BCUT2D eigenvalue weighted by atomic mass is 9.93. The average molecular weight is 512 g/mol. The largest absolute Gasteiger partial charge is 0.486 e. The Labute approximate surface area is 218 Å². The predicted molar refractivity (Wildman–Crippen MR) is 140 cm³/mol. The quantitative estimate of drug-likeness (QED) is 0.613. The molecule has 9 nitrogen and oxygen atoms in total. The van der Waals surface area contributed by atoms with Crippen LogP contribution in [-0.4, -0.2) is 73.6 Å². The maximum atomic E-state index is 13.3. The van der Waals surface area contributed by atoms with Crippen LogP contribution in [0.3, 0.4) is 0 Å². The molecule has 0 saturated carbocycles. The lowest BCUT2D eigenvalue weighted by molar-refractivity contribution is 0.0189. The normalized spacial score (nSPS) is 19.7. The number of nitrogens with zero attached hydrogens (tertiary/aromatic N) is 2. The number of amides is 2. The van der Waals surface area contributed by atoms with Crippen molar-refractivity contribution in [1.82, 2.24) is 10.2 Å². The van der Waals surface area contributed by atoms with Gasteiger partial charge in [-0.2, -0.15) is 0 Å². The van der Waals surface area contributed by atoms with Crippen molar-refractivity contribution in [2.45, 2.75) is 45.4 Å². The van der Waals surface area contributed by atoms with Crippen molar-refractivity contribution in [1.29, 1.82) is 0 Å². The van der Waals surface area contributed by atoms with Crippen LogP contribution in [0.2, 0.25) is 0 Å². The van der Waals surface area contributed by atoms with Crippen LogP contribution in [0, 0.1) is 5.92 Å². The van der Waals surface area contributed by atoms with E-state index in [0.717, 1.165) is 19.5 Å². The molecule has 0 radical (unpaired) electrons.